The third-order valence-corrected chi connectivity index (χ3v) is 4.90. The van der Waals surface area contributed by atoms with Crippen LogP contribution in [0.5, 0.6) is 5.75 Å². The second-order valence-electron chi connectivity index (χ2n) is 4.66. The number of amides is 1. The molecular weight excluding hydrogens is 304 g/mol. The Bertz CT molecular complexity index is 610. The summed E-state index contributed by atoms with van der Waals surface area (Å²) in [5.74, 6) is 0.0398. The van der Waals surface area contributed by atoms with Gasteiger partial charge in [0.15, 0.2) is 0 Å². The predicted octanol–water partition coefficient (Wildman–Crippen LogP) is 3.07. The highest BCUT2D eigenvalue weighted by atomic mass is 32.2. The minimum absolute atomic E-state index is 0.128. The van der Waals surface area contributed by atoms with Gasteiger partial charge in [0.2, 0.25) is 0 Å². The quantitative estimate of drug-likeness (QED) is 0.682. The molecule has 1 saturated heterocycles. The van der Waals surface area contributed by atoms with Crippen molar-refractivity contribution < 1.29 is 9.90 Å². The largest absolute Gasteiger partial charge is 0.507 e. The van der Waals surface area contributed by atoms with Crippen LogP contribution in [0, 0.1) is 0 Å². The molecular formula is C15H18N2O2S2. The lowest BCUT2D eigenvalue weighted by molar-refractivity contribution is -0.121. The van der Waals surface area contributed by atoms with Crippen LogP contribution in [0.4, 0.5) is 5.69 Å². The number of likely N-dealkylation sites (N-methyl/N-ethyl adjacent to an activating group) is 1. The van der Waals surface area contributed by atoms with Crippen LogP contribution in [-0.2, 0) is 4.79 Å². The molecule has 1 aliphatic heterocycles. The number of anilines is 1. The molecule has 0 bridgehead atoms. The molecule has 1 aromatic rings. The molecule has 112 valence electrons. The number of thiocarbonyl (C=S) groups is 1. The standard InChI is InChI=1S/C15H18N2O2S2/c1-4-17(5-2)11-7-6-10(12(18)9-11)8-13-14(19)16(3)15(20)21-13/h6-9,18H,4-5H2,1-3H3. The number of carbonyl (C=O) groups excluding carboxylic acids is 1. The Balaban J connectivity index is 2.30. The zero-order valence-electron chi connectivity index (χ0n) is 12.3. The highest BCUT2D eigenvalue weighted by molar-refractivity contribution is 8.26. The summed E-state index contributed by atoms with van der Waals surface area (Å²) in [5.41, 5.74) is 1.59. The zero-order chi connectivity index (χ0) is 15.6. The van der Waals surface area contributed by atoms with Gasteiger partial charge >= 0.3 is 0 Å². The molecule has 0 atom stereocenters. The van der Waals surface area contributed by atoms with Crippen LogP contribution in [0.3, 0.4) is 0 Å². The third kappa shape index (κ3) is 3.22. The van der Waals surface area contributed by atoms with Gasteiger partial charge in [0.25, 0.3) is 5.91 Å². The molecule has 0 spiro atoms. The molecule has 1 amide bonds. The maximum absolute atomic E-state index is 12.0. The van der Waals surface area contributed by atoms with Crippen molar-refractivity contribution >= 4 is 46.0 Å². The van der Waals surface area contributed by atoms with Crippen molar-refractivity contribution in [2.45, 2.75) is 13.8 Å². The van der Waals surface area contributed by atoms with Gasteiger partial charge in [0.05, 0.1) is 4.91 Å². The van der Waals surface area contributed by atoms with Crippen LogP contribution in [0.25, 0.3) is 6.08 Å². The van der Waals surface area contributed by atoms with E-state index in [1.807, 2.05) is 12.1 Å². The Labute approximate surface area is 134 Å². The molecule has 0 unspecified atom stereocenters. The Hall–Kier alpha value is -1.53. The first-order valence-electron chi connectivity index (χ1n) is 6.77. The summed E-state index contributed by atoms with van der Waals surface area (Å²) >= 11 is 6.34. The average molecular weight is 322 g/mol. The van der Waals surface area contributed by atoms with Crippen molar-refractivity contribution in [2.24, 2.45) is 0 Å². The molecule has 1 heterocycles. The van der Waals surface area contributed by atoms with Crippen LogP contribution >= 0.6 is 24.0 Å². The lowest BCUT2D eigenvalue weighted by Crippen LogP contribution is -2.22. The number of hydrogen-bond acceptors (Lipinski definition) is 5. The first-order chi connectivity index (χ1) is 9.97. The number of benzene rings is 1. The number of phenols is 1. The lowest BCUT2D eigenvalue weighted by Gasteiger charge is -2.21. The topological polar surface area (TPSA) is 43.8 Å². The van der Waals surface area contributed by atoms with E-state index in [9.17, 15) is 9.90 Å². The maximum atomic E-state index is 12.0. The molecule has 0 aromatic heterocycles. The van der Waals surface area contributed by atoms with Gasteiger partial charge in [-0.3, -0.25) is 9.69 Å². The van der Waals surface area contributed by atoms with Crippen molar-refractivity contribution in [1.29, 1.82) is 0 Å². The first kappa shape index (κ1) is 15.9. The molecule has 21 heavy (non-hydrogen) atoms. The number of thioether (sulfide) groups is 1. The number of phenolic OH excluding ortho intramolecular Hbond substituents is 1. The van der Waals surface area contributed by atoms with Gasteiger partial charge in [-0.15, -0.1) is 0 Å². The maximum Gasteiger partial charge on any atom is 0.265 e. The Morgan fingerprint density at radius 1 is 1.38 bits per heavy atom. The summed E-state index contributed by atoms with van der Waals surface area (Å²) in [6, 6.07) is 5.50. The van der Waals surface area contributed by atoms with Crippen molar-refractivity contribution in [1.82, 2.24) is 4.90 Å². The van der Waals surface area contributed by atoms with Gasteiger partial charge in [-0.05, 0) is 32.1 Å². The van der Waals surface area contributed by atoms with E-state index in [0.29, 0.717) is 14.8 Å². The van der Waals surface area contributed by atoms with Crippen LogP contribution in [0.1, 0.15) is 19.4 Å². The number of aromatic hydroxyl groups is 1. The summed E-state index contributed by atoms with van der Waals surface area (Å²) in [6.07, 6.45) is 1.68. The molecule has 4 nitrogen and oxygen atoms in total. The summed E-state index contributed by atoms with van der Waals surface area (Å²) in [7, 11) is 1.65. The van der Waals surface area contributed by atoms with Gasteiger partial charge in [-0.1, -0.05) is 24.0 Å². The molecule has 2 rings (SSSR count). The van der Waals surface area contributed by atoms with Gasteiger partial charge < -0.3 is 10.0 Å². The highest BCUT2D eigenvalue weighted by Gasteiger charge is 2.28. The second-order valence-corrected chi connectivity index (χ2v) is 6.33. The number of hydrogen-bond donors (Lipinski definition) is 1. The summed E-state index contributed by atoms with van der Waals surface area (Å²) < 4.78 is 0.533. The normalized spacial score (nSPS) is 16.9. The monoisotopic (exact) mass is 322 g/mol. The zero-order valence-corrected chi connectivity index (χ0v) is 13.9. The van der Waals surface area contributed by atoms with Crippen molar-refractivity contribution in [3.05, 3.63) is 28.7 Å². The van der Waals surface area contributed by atoms with Crippen molar-refractivity contribution in [3.8, 4) is 5.75 Å². The van der Waals surface area contributed by atoms with Gasteiger partial charge in [0.1, 0.15) is 10.1 Å². The second kappa shape index (κ2) is 6.49. The molecule has 6 heteroatoms. The van der Waals surface area contributed by atoms with E-state index in [2.05, 4.69) is 18.7 Å². The van der Waals surface area contributed by atoms with E-state index in [1.165, 1.54) is 16.7 Å². The van der Waals surface area contributed by atoms with E-state index in [0.717, 1.165) is 18.8 Å². The summed E-state index contributed by atoms with van der Waals surface area (Å²) in [5, 5.41) is 10.2. The molecule has 1 aliphatic rings. The SMILES string of the molecule is CCN(CC)c1ccc(C=C2SC(=S)N(C)C2=O)c(O)c1. The summed E-state index contributed by atoms with van der Waals surface area (Å²) in [6.45, 7) is 5.90. The molecule has 1 N–H and O–H groups in total. The van der Waals surface area contributed by atoms with Gasteiger partial charge in [-0.2, -0.15) is 0 Å². The van der Waals surface area contributed by atoms with E-state index in [1.54, 1.807) is 19.2 Å². The van der Waals surface area contributed by atoms with Crippen LogP contribution in [-0.4, -0.2) is 40.4 Å². The Morgan fingerprint density at radius 3 is 2.52 bits per heavy atom. The fourth-order valence-corrected chi connectivity index (χ4v) is 3.30. The van der Waals surface area contributed by atoms with Crippen molar-refractivity contribution in [3.63, 3.8) is 0 Å². The smallest absolute Gasteiger partial charge is 0.265 e. The van der Waals surface area contributed by atoms with E-state index in [-0.39, 0.29) is 11.7 Å². The molecule has 0 radical (unpaired) electrons. The van der Waals surface area contributed by atoms with E-state index >= 15 is 0 Å². The molecule has 0 aliphatic carbocycles. The van der Waals surface area contributed by atoms with Crippen LogP contribution < -0.4 is 4.90 Å². The number of nitrogens with zero attached hydrogens (tertiary/aromatic N) is 2. The molecule has 0 saturated carbocycles. The van der Waals surface area contributed by atoms with Gasteiger partial charge in [-0.25, -0.2) is 0 Å². The summed E-state index contributed by atoms with van der Waals surface area (Å²) in [4.78, 5) is 16.1. The number of rotatable bonds is 4. The first-order valence-corrected chi connectivity index (χ1v) is 7.99. The molecule has 1 fully saturated rings. The fourth-order valence-electron chi connectivity index (χ4n) is 2.13. The fraction of sp³-hybridized carbons (Fsp3) is 0.333. The minimum Gasteiger partial charge on any atom is -0.507 e. The third-order valence-electron chi connectivity index (χ3n) is 3.42. The van der Waals surface area contributed by atoms with Crippen LogP contribution in [0.2, 0.25) is 0 Å². The van der Waals surface area contributed by atoms with E-state index < -0.39 is 0 Å². The van der Waals surface area contributed by atoms with Crippen molar-refractivity contribution in [2.75, 3.05) is 25.0 Å². The lowest BCUT2D eigenvalue weighted by atomic mass is 10.1. The molecule has 1 aromatic carbocycles. The Morgan fingerprint density at radius 2 is 2.05 bits per heavy atom. The predicted molar refractivity (Wildman–Crippen MR) is 92.6 cm³/mol. The highest BCUT2D eigenvalue weighted by Crippen LogP contribution is 2.34. The minimum atomic E-state index is -0.128. The van der Waals surface area contributed by atoms with E-state index in [4.69, 9.17) is 12.2 Å². The van der Waals surface area contributed by atoms with Gasteiger partial charge in [0, 0.05) is 37.5 Å². The number of carbonyl (C=O) groups is 1. The van der Waals surface area contributed by atoms with Crippen LogP contribution in [0.15, 0.2) is 23.1 Å². The average Bonchev–Trinajstić information content (AvgIpc) is 2.70. The Kier molecular flexibility index (Phi) is 4.90.